The van der Waals surface area contributed by atoms with E-state index in [9.17, 15) is 0 Å². The molecule has 0 atom stereocenters. The van der Waals surface area contributed by atoms with Crippen molar-refractivity contribution in [3.8, 4) is 0 Å². The zero-order valence-corrected chi connectivity index (χ0v) is 12.2. The molecule has 0 unspecified atom stereocenters. The molecule has 3 rings (SSSR count). The number of aromatic nitrogens is 4. The minimum atomic E-state index is 0.119. The molecule has 0 amide bonds. The van der Waals surface area contributed by atoms with Gasteiger partial charge >= 0.3 is 0 Å². The highest BCUT2D eigenvalue weighted by molar-refractivity contribution is 5.84. The number of nitrogens with zero attached hydrogens (tertiary/aromatic N) is 3. The van der Waals surface area contributed by atoms with Crippen LogP contribution in [-0.2, 0) is 0 Å². The SMILES string of the molecule is CCNc1nc(NC2(C)CCCCC2)c2[nH]cnc2n1. The summed E-state index contributed by atoms with van der Waals surface area (Å²) in [5.41, 5.74) is 1.71. The van der Waals surface area contributed by atoms with Crippen LogP contribution < -0.4 is 10.6 Å². The molecule has 6 nitrogen and oxygen atoms in total. The van der Waals surface area contributed by atoms with Crippen LogP contribution in [0.25, 0.3) is 11.2 Å². The highest BCUT2D eigenvalue weighted by atomic mass is 15.2. The Labute approximate surface area is 118 Å². The summed E-state index contributed by atoms with van der Waals surface area (Å²) >= 11 is 0. The van der Waals surface area contributed by atoms with E-state index in [-0.39, 0.29) is 5.54 Å². The molecule has 1 aliphatic carbocycles. The third-order valence-electron chi connectivity index (χ3n) is 4.00. The van der Waals surface area contributed by atoms with E-state index < -0.39 is 0 Å². The second-order valence-corrected chi connectivity index (χ2v) is 5.77. The number of rotatable bonds is 4. The molecule has 0 radical (unpaired) electrons. The maximum absolute atomic E-state index is 4.60. The van der Waals surface area contributed by atoms with Gasteiger partial charge in [0.2, 0.25) is 5.95 Å². The van der Waals surface area contributed by atoms with Gasteiger partial charge in [0, 0.05) is 12.1 Å². The fourth-order valence-electron chi connectivity index (χ4n) is 2.90. The largest absolute Gasteiger partial charge is 0.363 e. The van der Waals surface area contributed by atoms with Crippen LogP contribution in [0.4, 0.5) is 11.8 Å². The molecule has 0 saturated heterocycles. The average Bonchev–Trinajstić information content (AvgIpc) is 2.88. The normalized spacial score (nSPS) is 18.1. The lowest BCUT2D eigenvalue weighted by atomic mass is 9.83. The molecule has 1 saturated carbocycles. The van der Waals surface area contributed by atoms with E-state index in [0.717, 1.165) is 17.9 Å². The van der Waals surface area contributed by atoms with Crippen LogP contribution in [0.5, 0.6) is 0 Å². The fraction of sp³-hybridized carbons (Fsp3) is 0.643. The Morgan fingerprint density at radius 1 is 1.25 bits per heavy atom. The van der Waals surface area contributed by atoms with Gasteiger partial charge in [-0.1, -0.05) is 19.3 Å². The Balaban J connectivity index is 1.94. The van der Waals surface area contributed by atoms with Gasteiger partial charge in [0.15, 0.2) is 11.5 Å². The summed E-state index contributed by atoms with van der Waals surface area (Å²) in [5, 5.41) is 6.79. The van der Waals surface area contributed by atoms with Crippen LogP contribution in [0.2, 0.25) is 0 Å². The lowest BCUT2D eigenvalue weighted by Gasteiger charge is -2.35. The summed E-state index contributed by atoms with van der Waals surface area (Å²) in [5.74, 6) is 1.49. The molecule has 0 aliphatic heterocycles. The van der Waals surface area contributed by atoms with Crippen LogP contribution in [0, 0.1) is 0 Å². The van der Waals surface area contributed by atoms with E-state index in [2.05, 4.69) is 37.5 Å². The van der Waals surface area contributed by atoms with Crippen molar-refractivity contribution in [3.63, 3.8) is 0 Å². The van der Waals surface area contributed by atoms with E-state index in [1.807, 2.05) is 6.92 Å². The van der Waals surface area contributed by atoms with Crippen molar-refractivity contribution in [1.82, 2.24) is 19.9 Å². The number of anilines is 2. The number of H-pyrrole nitrogens is 1. The second-order valence-electron chi connectivity index (χ2n) is 5.77. The summed E-state index contributed by atoms with van der Waals surface area (Å²) in [7, 11) is 0. The first-order valence-corrected chi connectivity index (χ1v) is 7.43. The summed E-state index contributed by atoms with van der Waals surface area (Å²) in [6.45, 7) is 5.11. The van der Waals surface area contributed by atoms with Crippen molar-refractivity contribution in [1.29, 1.82) is 0 Å². The molecule has 1 aliphatic rings. The van der Waals surface area contributed by atoms with Crippen LogP contribution in [0.1, 0.15) is 46.0 Å². The molecule has 2 heterocycles. The summed E-state index contributed by atoms with van der Waals surface area (Å²) in [4.78, 5) is 16.4. The quantitative estimate of drug-likeness (QED) is 0.799. The standard InChI is InChI=1S/C14H22N6/c1-3-15-13-18-11-10(16-9-17-11)12(19-13)20-14(2)7-5-4-6-8-14/h9H,3-8H2,1-2H3,(H3,15,16,17,18,19,20). The monoisotopic (exact) mass is 274 g/mol. The Morgan fingerprint density at radius 2 is 2.05 bits per heavy atom. The van der Waals surface area contributed by atoms with E-state index in [0.29, 0.717) is 11.6 Å². The van der Waals surface area contributed by atoms with Gasteiger partial charge in [0.1, 0.15) is 5.52 Å². The second kappa shape index (κ2) is 5.26. The highest BCUT2D eigenvalue weighted by Crippen LogP contribution is 2.32. The van der Waals surface area contributed by atoms with E-state index in [1.54, 1.807) is 6.33 Å². The summed E-state index contributed by atoms with van der Waals surface area (Å²) < 4.78 is 0. The highest BCUT2D eigenvalue weighted by Gasteiger charge is 2.28. The molecule has 0 spiro atoms. The molecule has 2 aromatic rings. The number of imidazole rings is 1. The third kappa shape index (κ3) is 2.55. The first kappa shape index (κ1) is 13.1. The molecule has 20 heavy (non-hydrogen) atoms. The zero-order valence-electron chi connectivity index (χ0n) is 12.2. The average molecular weight is 274 g/mol. The summed E-state index contributed by atoms with van der Waals surface area (Å²) in [6.07, 6.45) is 7.93. The third-order valence-corrected chi connectivity index (χ3v) is 4.00. The molecule has 0 bridgehead atoms. The number of hydrogen-bond donors (Lipinski definition) is 3. The van der Waals surface area contributed by atoms with Crippen molar-refractivity contribution in [3.05, 3.63) is 6.33 Å². The molecular formula is C14H22N6. The number of aromatic amines is 1. The van der Waals surface area contributed by atoms with Crippen LogP contribution in [0.15, 0.2) is 6.33 Å². The Morgan fingerprint density at radius 3 is 2.80 bits per heavy atom. The van der Waals surface area contributed by atoms with Crippen molar-refractivity contribution in [2.45, 2.75) is 51.5 Å². The van der Waals surface area contributed by atoms with E-state index >= 15 is 0 Å². The molecule has 1 fully saturated rings. The van der Waals surface area contributed by atoms with E-state index in [4.69, 9.17) is 0 Å². The maximum atomic E-state index is 4.60. The predicted molar refractivity (Wildman–Crippen MR) is 81.0 cm³/mol. The van der Waals surface area contributed by atoms with Crippen LogP contribution in [0.3, 0.4) is 0 Å². The minimum absolute atomic E-state index is 0.119. The van der Waals surface area contributed by atoms with Crippen LogP contribution in [-0.4, -0.2) is 32.0 Å². The first-order valence-electron chi connectivity index (χ1n) is 7.43. The number of hydrogen-bond acceptors (Lipinski definition) is 5. The zero-order chi connectivity index (χ0) is 14.0. The van der Waals surface area contributed by atoms with Crippen molar-refractivity contribution in [2.75, 3.05) is 17.2 Å². The molecule has 3 N–H and O–H groups in total. The lowest BCUT2D eigenvalue weighted by Crippen LogP contribution is -2.37. The number of nitrogens with one attached hydrogen (secondary N) is 3. The van der Waals surface area contributed by atoms with Crippen molar-refractivity contribution in [2.24, 2.45) is 0 Å². The van der Waals surface area contributed by atoms with Crippen molar-refractivity contribution >= 4 is 22.9 Å². The van der Waals surface area contributed by atoms with Gasteiger partial charge in [0.05, 0.1) is 6.33 Å². The molecule has 0 aromatic carbocycles. The molecule has 2 aromatic heterocycles. The molecule has 6 heteroatoms. The van der Waals surface area contributed by atoms with Gasteiger partial charge in [-0.25, -0.2) is 4.98 Å². The van der Waals surface area contributed by atoms with Gasteiger partial charge in [-0.15, -0.1) is 0 Å². The minimum Gasteiger partial charge on any atom is -0.363 e. The van der Waals surface area contributed by atoms with Gasteiger partial charge in [-0.3, -0.25) is 0 Å². The number of fused-ring (bicyclic) bond motifs is 1. The van der Waals surface area contributed by atoms with Gasteiger partial charge in [-0.2, -0.15) is 9.97 Å². The molecular weight excluding hydrogens is 252 g/mol. The Hall–Kier alpha value is -1.85. The summed E-state index contributed by atoms with van der Waals surface area (Å²) in [6, 6.07) is 0. The fourth-order valence-corrected chi connectivity index (χ4v) is 2.90. The molecule has 108 valence electrons. The predicted octanol–water partition coefficient (Wildman–Crippen LogP) is 2.92. The smallest absolute Gasteiger partial charge is 0.226 e. The lowest BCUT2D eigenvalue weighted by molar-refractivity contribution is 0.349. The first-order chi connectivity index (χ1) is 9.70. The van der Waals surface area contributed by atoms with Crippen molar-refractivity contribution < 1.29 is 0 Å². The Kier molecular flexibility index (Phi) is 3.46. The topological polar surface area (TPSA) is 78.5 Å². The van der Waals surface area contributed by atoms with Gasteiger partial charge < -0.3 is 15.6 Å². The van der Waals surface area contributed by atoms with Gasteiger partial charge in [-0.05, 0) is 26.7 Å². The van der Waals surface area contributed by atoms with Gasteiger partial charge in [0.25, 0.3) is 0 Å². The maximum Gasteiger partial charge on any atom is 0.226 e. The van der Waals surface area contributed by atoms with E-state index in [1.165, 1.54) is 32.1 Å². The van der Waals surface area contributed by atoms with Crippen LogP contribution >= 0.6 is 0 Å². The Bertz CT molecular complexity index is 584.